The molecule has 1 saturated heterocycles. The maximum atomic E-state index is 11.5. The molecular formula is C10H12BrN3O2. The maximum absolute atomic E-state index is 11.5. The molecule has 0 unspecified atom stereocenters. The summed E-state index contributed by atoms with van der Waals surface area (Å²) >= 11 is 3.28. The number of nitrogens with zero attached hydrogens (tertiary/aromatic N) is 2. The molecule has 1 aromatic rings. The Morgan fingerprint density at radius 1 is 1.44 bits per heavy atom. The van der Waals surface area contributed by atoms with E-state index in [2.05, 4.69) is 26.4 Å². The van der Waals surface area contributed by atoms with Gasteiger partial charge in [0.2, 0.25) is 0 Å². The Labute approximate surface area is 102 Å². The van der Waals surface area contributed by atoms with Gasteiger partial charge in [0.1, 0.15) is 0 Å². The monoisotopic (exact) mass is 285 g/mol. The predicted octanol–water partition coefficient (Wildman–Crippen LogP) is 2.40. The van der Waals surface area contributed by atoms with E-state index in [1.807, 2.05) is 0 Å². The van der Waals surface area contributed by atoms with Crippen LogP contribution in [0.3, 0.4) is 0 Å². The minimum absolute atomic E-state index is 0.336. The van der Waals surface area contributed by atoms with E-state index in [1.165, 1.54) is 0 Å². The minimum atomic E-state index is -0.336. The number of hydrogen-bond acceptors (Lipinski definition) is 4. The van der Waals surface area contributed by atoms with E-state index < -0.39 is 0 Å². The molecule has 1 fully saturated rings. The number of pyridine rings is 1. The Balaban J connectivity index is 1.84. The van der Waals surface area contributed by atoms with Crippen molar-refractivity contribution >= 4 is 27.7 Å². The van der Waals surface area contributed by atoms with Gasteiger partial charge in [-0.05, 0) is 34.8 Å². The van der Waals surface area contributed by atoms with Crippen LogP contribution in [0.4, 0.5) is 10.5 Å². The molecule has 16 heavy (non-hydrogen) atoms. The number of nitrogens with one attached hydrogen (secondary N) is 1. The van der Waals surface area contributed by atoms with Gasteiger partial charge in [-0.3, -0.25) is 4.98 Å². The van der Waals surface area contributed by atoms with Crippen molar-refractivity contribution in [3.63, 3.8) is 0 Å². The third kappa shape index (κ3) is 2.85. The average molecular weight is 286 g/mol. The molecule has 2 heterocycles. The summed E-state index contributed by atoms with van der Waals surface area (Å²) in [6, 6.07) is 1.78. The molecule has 0 radical (unpaired) electrons. The molecule has 86 valence electrons. The first-order valence-corrected chi connectivity index (χ1v) is 5.87. The van der Waals surface area contributed by atoms with Crippen molar-refractivity contribution < 1.29 is 9.63 Å². The zero-order valence-electron chi connectivity index (χ0n) is 8.65. The molecular weight excluding hydrogens is 274 g/mol. The van der Waals surface area contributed by atoms with E-state index in [9.17, 15) is 4.79 Å². The van der Waals surface area contributed by atoms with Crippen LogP contribution < -0.4 is 5.48 Å². The molecule has 1 aliphatic heterocycles. The van der Waals surface area contributed by atoms with E-state index in [-0.39, 0.29) is 6.09 Å². The summed E-state index contributed by atoms with van der Waals surface area (Å²) in [6.07, 6.45) is 5.01. The third-order valence-electron chi connectivity index (χ3n) is 2.33. The summed E-state index contributed by atoms with van der Waals surface area (Å²) in [5.74, 6) is 0. The number of carbonyl (C=O) groups is 1. The fourth-order valence-corrected chi connectivity index (χ4v) is 1.90. The second kappa shape index (κ2) is 5.16. The topological polar surface area (TPSA) is 54.5 Å². The molecule has 0 atom stereocenters. The molecule has 0 spiro atoms. The highest BCUT2D eigenvalue weighted by atomic mass is 79.9. The lowest BCUT2D eigenvalue weighted by Crippen LogP contribution is -2.30. The highest BCUT2D eigenvalue weighted by molar-refractivity contribution is 9.10. The Morgan fingerprint density at radius 3 is 2.88 bits per heavy atom. The third-order valence-corrected chi connectivity index (χ3v) is 2.76. The molecule has 1 aromatic heterocycles. The molecule has 5 nitrogen and oxygen atoms in total. The van der Waals surface area contributed by atoms with Crippen LogP contribution in [-0.2, 0) is 4.84 Å². The summed E-state index contributed by atoms with van der Waals surface area (Å²) in [7, 11) is 0. The number of likely N-dealkylation sites (tertiary alicyclic amines) is 1. The summed E-state index contributed by atoms with van der Waals surface area (Å²) in [5.41, 5.74) is 3.22. The molecule has 0 aromatic carbocycles. The van der Waals surface area contributed by atoms with Crippen LogP contribution in [0, 0.1) is 0 Å². The summed E-state index contributed by atoms with van der Waals surface area (Å²) in [4.78, 5) is 22.1. The smallest absolute Gasteiger partial charge is 0.324 e. The molecule has 0 saturated carbocycles. The number of halogens is 1. The highest BCUT2D eigenvalue weighted by Crippen LogP contribution is 2.14. The Bertz CT molecular complexity index is 380. The Kier molecular flexibility index (Phi) is 3.61. The number of carbonyl (C=O) groups excluding carboxylic acids is 1. The number of rotatable bonds is 2. The minimum Gasteiger partial charge on any atom is -0.324 e. The van der Waals surface area contributed by atoms with Gasteiger partial charge in [0.25, 0.3) is 0 Å². The normalized spacial score (nSPS) is 14.9. The lowest BCUT2D eigenvalue weighted by Gasteiger charge is -2.14. The number of amides is 1. The van der Waals surface area contributed by atoms with Gasteiger partial charge in [-0.15, -0.1) is 0 Å². The van der Waals surface area contributed by atoms with Crippen LogP contribution in [0.5, 0.6) is 0 Å². The highest BCUT2D eigenvalue weighted by Gasteiger charge is 2.19. The van der Waals surface area contributed by atoms with Crippen LogP contribution in [0.1, 0.15) is 12.8 Å². The second-order valence-corrected chi connectivity index (χ2v) is 4.47. The largest absolute Gasteiger partial charge is 0.434 e. The molecule has 1 aliphatic rings. The first-order valence-electron chi connectivity index (χ1n) is 5.08. The zero-order valence-corrected chi connectivity index (χ0v) is 10.2. The van der Waals surface area contributed by atoms with Crippen LogP contribution >= 0.6 is 15.9 Å². The Morgan fingerprint density at radius 2 is 2.19 bits per heavy atom. The van der Waals surface area contributed by atoms with Crippen LogP contribution in [0.25, 0.3) is 0 Å². The van der Waals surface area contributed by atoms with Crippen LogP contribution in [-0.4, -0.2) is 29.1 Å². The van der Waals surface area contributed by atoms with Gasteiger partial charge in [-0.1, -0.05) is 0 Å². The first kappa shape index (κ1) is 11.2. The standard InChI is InChI=1S/C10H12BrN3O2/c11-8-5-9(7-12-6-8)13-16-10(15)14-3-1-2-4-14/h5-7,13H,1-4H2. The van der Waals surface area contributed by atoms with E-state index >= 15 is 0 Å². The quantitative estimate of drug-likeness (QED) is 0.848. The van der Waals surface area contributed by atoms with Gasteiger partial charge >= 0.3 is 6.09 Å². The molecule has 1 amide bonds. The molecule has 0 bridgehead atoms. The molecule has 6 heteroatoms. The van der Waals surface area contributed by atoms with Crippen molar-refractivity contribution in [1.82, 2.24) is 9.88 Å². The number of hydrogen-bond donors (Lipinski definition) is 1. The maximum Gasteiger partial charge on any atom is 0.434 e. The van der Waals surface area contributed by atoms with Gasteiger partial charge in [-0.2, -0.15) is 0 Å². The van der Waals surface area contributed by atoms with Crippen molar-refractivity contribution in [2.24, 2.45) is 0 Å². The molecule has 0 aliphatic carbocycles. The van der Waals surface area contributed by atoms with Crippen molar-refractivity contribution in [3.8, 4) is 0 Å². The van der Waals surface area contributed by atoms with E-state index in [0.29, 0.717) is 5.69 Å². The van der Waals surface area contributed by atoms with E-state index in [1.54, 1.807) is 23.4 Å². The van der Waals surface area contributed by atoms with Crippen LogP contribution in [0.2, 0.25) is 0 Å². The lowest BCUT2D eigenvalue weighted by molar-refractivity contribution is 0.132. The second-order valence-electron chi connectivity index (χ2n) is 3.56. The predicted molar refractivity (Wildman–Crippen MR) is 62.8 cm³/mol. The summed E-state index contributed by atoms with van der Waals surface area (Å²) in [5, 5.41) is 0. The van der Waals surface area contributed by atoms with Gasteiger partial charge in [-0.25, -0.2) is 10.3 Å². The number of anilines is 1. The van der Waals surface area contributed by atoms with Gasteiger partial charge < -0.3 is 9.74 Å². The SMILES string of the molecule is O=C(ONc1cncc(Br)c1)N1CCCC1. The first-order chi connectivity index (χ1) is 7.75. The lowest BCUT2D eigenvalue weighted by atomic mass is 10.4. The van der Waals surface area contributed by atoms with Crippen molar-refractivity contribution in [2.45, 2.75) is 12.8 Å². The summed E-state index contributed by atoms with van der Waals surface area (Å²) in [6.45, 7) is 1.55. The van der Waals surface area contributed by atoms with Crippen LogP contribution in [0.15, 0.2) is 22.9 Å². The van der Waals surface area contributed by atoms with E-state index in [4.69, 9.17) is 4.84 Å². The van der Waals surface area contributed by atoms with E-state index in [0.717, 1.165) is 30.4 Å². The number of aromatic nitrogens is 1. The molecule has 2 rings (SSSR count). The zero-order chi connectivity index (χ0) is 11.4. The van der Waals surface area contributed by atoms with Gasteiger partial charge in [0.15, 0.2) is 0 Å². The average Bonchev–Trinajstić information content (AvgIpc) is 2.79. The van der Waals surface area contributed by atoms with Gasteiger partial charge in [0, 0.05) is 23.8 Å². The van der Waals surface area contributed by atoms with Crippen molar-refractivity contribution in [2.75, 3.05) is 18.6 Å². The van der Waals surface area contributed by atoms with Gasteiger partial charge in [0.05, 0.1) is 11.9 Å². The summed E-state index contributed by atoms with van der Waals surface area (Å²) < 4.78 is 0.828. The van der Waals surface area contributed by atoms with Crippen molar-refractivity contribution in [1.29, 1.82) is 0 Å². The van der Waals surface area contributed by atoms with Crippen molar-refractivity contribution in [3.05, 3.63) is 22.9 Å². The fourth-order valence-electron chi connectivity index (χ4n) is 1.53. The molecule has 1 N–H and O–H groups in total. The fraction of sp³-hybridized carbons (Fsp3) is 0.400. The Hall–Kier alpha value is -1.30.